The summed E-state index contributed by atoms with van der Waals surface area (Å²) in [6.07, 6.45) is -1.34. The Morgan fingerprint density at radius 3 is 2.66 bits per heavy atom. The standard InChI is InChI=1S/C20H17F4N5O2.ClH/c21-16-7-13(1-3-15(16)17-10-25-5-6-31-17)28-19(30)12-8-27-29(11-12)14-2-4-18(26-9-14)20(22,23)24;/h1-4,7-9,11,17,25H,5-6,10H2,(H,28,30);1H/t17-;/m1./s1. The summed E-state index contributed by atoms with van der Waals surface area (Å²) in [5.74, 6) is -1.05. The number of nitrogens with zero attached hydrogens (tertiary/aromatic N) is 3. The molecule has 0 saturated carbocycles. The van der Waals surface area contributed by atoms with Crippen LogP contribution in [0.1, 0.15) is 27.7 Å². The number of rotatable bonds is 4. The maximum absolute atomic E-state index is 14.5. The van der Waals surface area contributed by atoms with Gasteiger partial charge in [-0.05, 0) is 24.3 Å². The van der Waals surface area contributed by atoms with Crippen molar-refractivity contribution < 1.29 is 27.1 Å². The molecule has 1 aliphatic rings. The van der Waals surface area contributed by atoms with Crippen LogP contribution in [0.4, 0.5) is 23.2 Å². The van der Waals surface area contributed by atoms with Crippen LogP contribution in [-0.2, 0) is 10.9 Å². The first-order valence-electron chi connectivity index (χ1n) is 9.33. The number of ether oxygens (including phenoxy) is 1. The molecule has 4 rings (SSSR count). The van der Waals surface area contributed by atoms with Gasteiger partial charge in [-0.1, -0.05) is 6.07 Å². The summed E-state index contributed by atoms with van der Waals surface area (Å²) in [5.41, 5.74) is 0.0146. The molecular weight excluding hydrogens is 454 g/mol. The Balaban J connectivity index is 0.00000289. The normalized spacial score (nSPS) is 16.3. The number of hydrogen-bond donors (Lipinski definition) is 2. The van der Waals surface area contributed by atoms with E-state index in [2.05, 4.69) is 20.7 Å². The van der Waals surface area contributed by atoms with E-state index in [1.54, 1.807) is 12.1 Å². The van der Waals surface area contributed by atoms with Gasteiger partial charge in [0.25, 0.3) is 5.91 Å². The highest BCUT2D eigenvalue weighted by atomic mass is 35.5. The van der Waals surface area contributed by atoms with E-state index in [-0.39, 0.29) is 29.3 Å². The Hall–Kier alpha value is -3.02. The highest BCUT2D eigenvalue weighted by molar-refractivity contribution is 6.04. The lowest BCUT2D eigenvalue weighted by Crippen LogP contribution is -2.33. The first-order valence-corrected chi connectivity index (χ1v) is 9.33. The summed E-state index contributed by atoms with van der Waals surface area (Å²) in [6, 6.07) is 6.35. The second-order valence-electron chi connectivity index (χ2n) is 6.83. The molecule has 3 aromatic rings. The lowest BCUT2D eigenvalue weighted by atomic mass is 10.1. The number of aromatic nitrogens is 3. The van der Waals surface area contributed by atoms with Gasteiger partial charge in [0.1, 0.15) is 11.5 Å². The molecule has 1 aromatic carbocycles. The minimum Gasteiger partial charge on any atom is -0.371 e. The van der Waals surface area contributed by atoms with Gasteiger partial charge in [0.05, 0.1) is 36.4 Å². The molecule has 1 atom stereocenters. The molecule has 7 nitrogen and oxygen atoms in total. The molecule has 2 aromatic heterocycles. The van der Waals surface area contributed by atoms with E-state index in [1.807, 2.05) is 0 Å². The third kappa shape index (κ3) is 5.23. The Morgan fingerprint density at radius 2 is 2.03 bits per heavy atom. The van der Waals surface area contributed by atoms with Crippen molar-refractivity contribution in [2.45, 2.75) is 12.3 Å². The van der Waals surface area contributed by atoms with Crippen molar-refractivity contribution in [2.24, 2.45) is 0 Å². The average molecular weight is 472 g/mol. The number of hydrogen-bond acceptors (Lipinski definition) is 5. The number of morpholine rings is 1. The zero-order valence-electron chi connectivity index (χ0n) is 16.4. The van der Waals surface area contributed by atoms with Gasteiger partial charge < -0.3 is 15.4 Å². The van der Waals surface area contributed by atoms with Gasteiger partial charge in [-0.3, -0.25) is 4.79 Å². The first-order chi connectivity index (χ1) is 14.8. The molecule has 0 radical (unpaired) electrons. The summed E-state index contributed by atoms with van der Waals surface area (Å²) < 4.78 is 59.1. The van der Waals surface area contributed by atoms with Gasteiger partial charge in [0.2, 0.25) is 0 Å². The molecule has 0 unspecified atom stereocenters. The summed E-state index contributed by atoms with van der Waals surface area (Å²) in [4.78, 5) is 15.8. The first kappa shape index (κ1) is 23.6. The minimum atomic E-state index is -4.54. The maximum atomic E-state index is 14.5. The van der Waals surface area contributed by atoms with Crippen LogP contribution in [0, 0.1) is 5.82 Å². The Labute approximate surface area is 186 Å². The third-order valence-corrected chi connectivity index (χ3v) is 4.68. The van der Waals surface area contributed by atoms with E-state index in [4.69, 9.17) is 4.74 Å². The average Bonchev–Trinajstić information content (AvgIpc) is 3.24. The van der Waals surface area contributed by atoms with E-state index in [1.165, 1.54) is 29.2 Å². The molecule has 1 fully saturated rings. The number of nitrogens with one attached hydrogen (secondary N) is 2. The number of amides is 1. The fourth-order valence-electron chi connectivity index (χ4n) is 3.10. The van der Waals surface area contributed by atoms with Crippen molar-refractivity contribution in [3.8, 4) is 5.69 Å². The van der Waals surface area contributed by atoms with Crippen molar-refractivity contribution in [3.05, 3.63) is 71.6 Å². The molecule has 0 bridgehead atoms. The predicted molar refractivity (Wildman–Crippen MR) is 110 cm³/mol. The molecule has 3 heterocycles. The zero-order valence-corrected chi connectivity index (χ0v) is 17.2. The van der Waals surface area contributed by atoms with Crippen LogP contribution >= 0.6 is 12.4 Å². The van der Waals surface area contributed by atoms with Crippen LogP contribution < -0.4 is 10.6 Å². The van der Waals surface area contributed by atoms with Gasteiger partial charge in [0.15, 0.2) is 0 Å². The second-order valence-corrected chi connectivity index (χ2v) is 6.83. The SMILES string of the molecule is Cl.O=C(Nc1ccc([C@H]2CNCCO2)c(F)c1)c1cnn(-c2ccc(C(F)(F)F)nc2)c1. The molecule has 170 valence electrons. The molecule has 0 spiro atoms. The Morgan fingerprint density at radius 1 is 1.22 bits per heavy atom. The quantitative estimate of drug-likeness (QED) is 0.566. The third-order valence-electron chi connectivity index (χ3n) is 4.68. The topological polar surface area (TPSA) is 81.1 Å². The van der Waals surface area contributed by atoms with E-state index >= 15 is 0 Å². The van der Waals surface area contributed by atoms with Crippen LogP contribution in [0.15, 0.2) is 48.9 Å². The highest BCUT2D eigenvalue weighted by Crippen LogP contribution is 2.28. The Bertz CT molecular complexity index is 1080. The van der Waals surface area contributed by atoms with Crippen molar-refractivity contribution >= 4 is 24.0 Å². The number of pyridine rings is 1. The summed E-state index contributed by atoms with van der Waals surface area (Å²) in [7, 11) is 0. The van der Waals surface area contributed by atoms with Crippen LogP contribution in [-0.4, -0.2) is 40.4 Å². The molecule has 1 aliphatic heterocycles. The predicted octanol–water partition coefficient (Wildman–Crippen LogP) is 3.76. The van der Waals surface area contributed by atoms with Gasteiger partial charge in [-0.2, -0.15) is 18.3 Å². The molecule has 2 N–H and O–H groups in total. The van der Waals surface area contributed by atoms with Gasteiger partial charge >= 0.3 is 6.18 Å². The van der Waals surface area contributed by atoms with Crippen molar-refractivity contribution in [1.29, 1.82) is 0 Å². The van der Waals surface area contributed by atoms with Crippen molar-refractivity contribution in [3.63, 3.8) is 0 Å². The van der Waals surface area contributed by atoms with Gasteiger partial charge in [-0.25, -0.2) is 14.1 Å². The summed E-state index contributed by atoms with van der Waals surface area (Å²) >= 11 is 0. The van der Waals surface area contributed by atoms with E-state index in [9.17, 15) is 22.4 Å². The fourth-order valence-corrected chi connectivity index (χ4v) is 3.10. The summed E-state index contributed by atoms with van der Waals surface area (Å²) in [5, 5.41) is 9.66. The number of carbonyl (C=O) groups is 1. The highest BCUT2D eigenvalue weighted by Gasteiger charge is 2.32. The maximum Gasteiger partial charge on any atom is 0.433 e. The van der Waals surface area contributed by atoms with E-state index in [0.29, 0.717) is 25.3 Å². The molecular formula is C20H18ClF4N5O2. The molecule has 1 saturated heterocycles. The zero-order chi connectivity index (χ0) is 22.0. The molecule has 0 aliphatic carbocycles. The number of halogens is 5. The summed E-state index contributed by atoms with van der Waals surface area (Å²) in [6.45, 7) is 1.70. The lowest BCUT2D eigenvalue weighted by Gasteiger charge is -2.24. The van der Waals surface area contributed by atoms with Crippen molar-refractivity contribution in [1.82, 2.24) is 20.1 Å². The van der Waals surface area contributed by atoms with E-state index in [0.717, 1.165) is 12.3 Å². The fraction of sp³-hybridized carbons (Fsp3) is 0.250. The number of benzene rings is 1. The molecule has 32 heavy (non-hydrogen) atoms. The minimum absolute atomic E-state index is 0. The lowest BCUT2D eigenvalue weighted by molar-refractivity contribution is -0.141. The van der Waals surface area contributed by atoms with Crippen LogP contribution in [0.2, 0.25) is 0 Å². The number of carbonyl (C=O) groups excluding carboxylic acids is 1. The van der Waals surface area contributed by atoms with Gasteiger partial charge in [-0.15, -0.1) is 12.4 Å². The monoisotopic (exact) mass is 471 g/mol. The van der Waals surface area contributed by atoms with Gasteiger partial charge in [0, 0.05) is 30.5 Å². The Kier molecular flexibility index (Phi) is 7.12. The molecule has 12 heteroatoms. The smallest absolute Gasteiger partial charge is 0.371 e. The molecule has 1 amide bonds. The second kappa shape index (κ2) is 9.63. The van der Waals surface area contributed by atoms with Crippen LogP contribution in [0.5, 0.6) is 0 Å². The largest absolute Gasteiger partial charge is 0.433 e. The number of anilines is 1. The van der Waals surface area contributed by atoms with Crippen LogP contribution in [0.3, 0.4) is 0 Å². The number of alkyl halides is 3. The van der Waals surface area contributed by atoms with Crippen LogP contribution in [0.25, 0.3) is 5.69 Å². The van der Waals surface area contributed by atoms with Crippen molar-refractivity contribution in [2.75, 3.05) is 25.0 Å². The van der Waals surface area contributed by atoms with E-state index < -0.39 is 29.7 Å².